The maximum absolute atomic E-state index is 12.2. The van der Waals surface area contributed by atoms with Crippen molar-refractivity contribution in [2.75, 3.05) is 23.3 Å². The predicted octanol–water partition coefficient (Wildman–Crippen LogP) is 2.10. The van der Waals surface area contributed by atoms with Crippen LogP contribution in [0.2, 0.25) is 0 Å². The summed E-state index contributed by atoms with van der Waals surface area (Å²) in [6, 6.07) is 0. The molecule has 0 aromatic carbocycles. The molecule has 3 heterocycles. The first-order valence-electron chi connectivity index (χ1n) is 6.96. The number of aryl methyl sites for hydroxylation is 1. The van der Waals surface area contributed by atoms with Gasteiger partial charge in [-0.1, -0.05) is 0 Å². The number of nitrogens with zero attached hydrogens (tertiary/aromatic N) is 4. The monoisotopic (exact) mass is 303 g/mol. The Bertz CT molecular complexity index is 607. The fraction of sp³-hybridized carbons (Fsp3) is 0.429. The third-order valence-corrected chi connectivity index (χ3v) is 4.46. The van der Waals surface area contributed by atoms with Crippen LogP contribution in [0.3, 0.4) is 0 Å². The highest BCUT2D eigenvalue weighted by Crippen LogP contribution is 2.23. The number of aromatic nitrogens is 3. The summed E-state index contributed by atoms with van der Waals surface area (Å²) in [6.45, 7) is 3.58. The molecule has 0 radical (unpaired) electrons. The van der Waals surface area contributed by atoms with Crippen molar-refractivity contribution in [3.05, 3.63) is 29.7 Å². The van der Waals surface area contributed by atoms with Gasteiger partial charge in [-0.3, -0.25) is 9.78 Å². The molecule has 6 nitrogen and oxygen atoms in total. The first kappa shape index (κ1) is 13.9. The number of rotatable bonds is 3. The second-order valence-electron chi connectivity index (χ2n) is 5.11. The first-order chi connectivity index (χ1) is 10.2. The molecule has 0 spiro atoms. The highest BCUT2D eigenvalue weighted by atomic mass is 32.1. The Labute approximate surface area is 127 Å². The van der Waals surface area contributed by atoms with Gasteiger partial charge in [-0.05, 0) is 19.8 Å². The smallest absolute Gasteiger partial charge is 0.229 e. The van der Waals surface area contributed by atoms with E-state index < -0.39 is 0 Å². The largest absolute Gasteiger partial charge is 0.355 e. The Morgan fingerprint density at radius 3 is 2.81 bits per heavy atom. The van der Waals surface area contributed by atoms with Crippen LogP contribution in [0.4, 0.5) is 10.9 Å². The standard InChI is InChI=1S/C14H17N5OS/c1-10-9-21-14(17-10)18-13(20)11-2-6-19(7-3-11)12-8-15-4-5-16-12/h4-5,8-9,11H,2-3,6-7H2,1H3,(H,17,18,20). The minimum absolute atomic E-state index is 0.0436. The summed E-state index contributed by atoms with van der Waals surface area (Å²) in [7, 11) is 0. The van der Waals surface area contributed by atoms with E-state index in [1.165, 1.54) is 11.3 Å². The molecule has 0 atom stereocenters. The van der Waals surface area contributed by atoms with Gasteiger partial charge in [0.2, 0.25) is 5.91 Å². The SMILES string of the molecule is Cc1csc(NC(=O)C2CCN(c3cnccn3)CC2)n1. The van der Waals surface area contributed by atoms with Crippen LogP contribution >= 0.6 is 11.3 Å². The highest BCUT2D eigenvalue weighted by molar-refractivity contribution is 7.13. The zero-order valence-corrected chi connectivity index (χ0v) is 12.6. The fourth-order valence-corrected chi connectivity index (χ4v) is 3.14. The summed E-state index contributed by atoms with van der Waals surface area (Å²) in [6.07, 6.45) is 6.77. The van der Waals surface area contributed by atoms with Gasteiger partial charge in [-0.25, -0.2) is 9.97 Å². The van der Waals surface area contributed by atoms with Crippen molar-refractivity contribution in [2.24, 2.45) is 5.92 Å². The van der Waals surface area contributed by atoms with E-state index in [-0.39, 0.29) is 11.8 Å². The summed E-state index contributed by atoms with van der Waals surface area (Å²) in [5.74, 6) is 0.997. The molecule has 1 aliphatic rings. The van der Waals surface area contributed by atoms with Crippen molar-refractivity contribution in [1.29, 1.82) is 0 Å². The minimum atomic E-state index is 0.0436. The molecular formula is C14H17N5OS. The van der Waals surface area contributed by atoms with Crippen molar-refractivity contribution in [3.63, 3.8) is 0 Å². The predicted molar refractivity (Wildman–Crippen MR) is 82.4 cm³/mol. The highest BCUT2D eigenvalue weighted by Gasteiger charge is 2.26. The van der Waals surface area contributed by atoms with Gasteiger partial charge in [-0.2, -0.15) is 0 Å². The Morgan fingerprint density at radius 1 is 1.38 bits per heavy atom. The van der Waals surface area contributed by atoms with E-state index in [0.29, 0.717) is 5.13 Å². The Balaban J connectivity index is 1.54. The normalized spacial score (nSPS) is 16.0. The molecule has 1 fully saturated rings. The second-order valence-corrected chi connectivity index (χ2v) is 5.97. The summed E-state index contributed by atoms with van der Waals surface area (Å²) >= 11 is 1.47. The quantitative estimate of drug-likeness (QED) is 0.940. The van der Waals surface area contributed by atoms with E-state index in [1.54, 1.807) is 18.6 Å². The lowest BCUT2D eigenvalue weighted by Crippen LogP contribution is -2.38. The van der Waals surface area contributed by atoms with E-state index in [9.17, 15) is 4.79 Å². The second kappa shape index (κ2) is 6.17. The lowest BCUT2D eigenvalue weighted by Gasteiger charge is -2.31. The average Bonchev–Trinajstić information content (AvgIpc) is 2.93. The summed E-state index contributed by atoms with van der Waals surface area (Å²) < 4.78 is 0. The van der Waals surface area contributed by atoms with Crippen LogP contribution in [0.1, 0.15) is 18.5 Å². The number of carbonyl (C=O) groups is 1. The van der Waals surface area contributed by atoms with Gasteiger partial charge in [0.05, 0.1) is 11.9 Å². The zero-order valence-electron chi connectivity index (χ0n) is 11.8. The molecule has 0 saturated carbocycles. The lowest BCUT2D eigenvalue weighted by atomic mass is 9.96. The van der Waals surface area contributed by atoms with Gasteiger partial charge in [0, 0.05) is 36.8 Å². The molecule has 7 heteroatoms. The average molecular weight is 303 g/mol. The molecule has 110 valence electrons. The molecule has 0 aliphatic carbocycles. The van der Waals surface area contributed by atoms with Gasteiger partial charge in [0.1, 0.15) is 5.82 Å². The van der Waals surface area contributed by atoms with E-state index >= 15 is 0 Å². The minimum Gasteiger partial charge on any atom is -0.355 e. The van der Waals surface area contributed by atoms with E-state index in [2.05, 4.69) is 25.2 Å². The van der Waals surface area contributed by atoms with Gasteiger partial charge in [0.15, 0.2) is 5.13 Å². The lowest BCUT2D eigenvalue weighted by molar-refractivity contribution is -0.120. The maximum Gasteiger partial charge on any atom is 0.229 e. The summed E-state index contributed by atoms with van der Waals surface area (Å²) in [5, 5.41) is 5.53. The Kier molecular flexibility index (Phi) is 4.10. The molecular weight excluding hydrogens is 286 g/mol. The van der Waals surface area contributed by atoms with Crippen LogP contribution < -0.4 is 10.2 Å². The van der Waals surface area contributed by atoms with Gasteiger partial charge in [-0.15, -0.1) is 11.3 Å². The summed E-state index contributed by atoms with van der Waals surface area (Å²) in [4.78, 5) is 27.0. The Hall–Kier alpha value is -2.02. The molecule has 2 aromatic heterocycles. The molecule has 3 rings (SSSR count). The van der Waals surface area contributed by atoms with Crippen LogP contribution in [0.25, 0.3) is 0 Å². The van der Waals surface area contributed by atoms with Crippen molar-refractivity contribution in [1.82, 2.24) is 15.0 Å². The van der Waals surface area contributed by atoms with Crippen molar-refractivity contribution in [3.8, 4) is 0 Å². The van der Waals surface area contributed by atoms with Crippen LogP contribution in [0, 0.1) is 12.8 Å². The zero-order chi connectivity index (χ0) is 14.7. The number of amides is 1. The van der Waals surface area contributed by atoms with Gasteiger partial charge < -0.3 is 10.2 Å². The topological polar surface area (TPSA) is 71.0 Å². The number of carbonyl (C=O) groups excluding carboxylic acids is 1. The van der Waals surface area contributed by atoms with Crippen molar-refractivity contribution < 1.29 is 4.79 Å². The maximum atomic E-state index is 12.2. The number of piperidine rings is 1. The van der Waals surface area contributed by atoms with Crippen LogP contribution in [0.5, 0.6) is 0 Å². The number of nitrogens with one attached hydrogen (secondary N) is 1. The molecule has 1 aliphatic heterocycles. The molecule has 0 bridgehead atoms. The molecule has 21 heavy (non-hydrogen) atoms. The first-order valence-corrected chi connectivity index (χ1v) is 7.84. The number of hydrogen-bond donors (Lipinski definition) is 1. The Morgan fingerprint density at radius 2 is 2.19 bits per heavy atom. The summed E-state index contributed by atoms with van der Waals surface area (Å²) in [5.41, 5.74) is 0.938. The molecule has 1 N–H and O–H groups in total. The van der Waals surface area contributed by atoms with E-state index in [0.717, 1.165) is 37.4 Å². The van der Waals surface area contributed by atoms with Crippen LogP contribution in [-0.4, -0.2) is 33.9 Å². The van der Waals surface area contributed by atoms with Crippen molar-refractivity contribution >= 4 is 28.2 Å². The van der Waals surface area contributed by atoms with E-state index in [1.807, 2.05) is 12.3 Å². The van der Waals surface area contributed by atoms with E-state index in [4.69, 9.17) is 0 Å². The third kappa shape index (κ3) is 3.36. The van der Waals surface area contributed by atoms with Crippen LogP contribution in [0.15, 0.2) is 24.0 Å². The number of thiazole rings is 1. The molecule has 1 saturated heterocycles. The van der Waals surface area contributed by atoms with Gasteiger partial charge >= 0.3 is 0 Å². The fourth-order valence-electron chi connectivity index (χ4n) is 2.44. The van der Waals surface area contributed by atoms with Crippen molar-refractivity contribution in [2.45, 2.75) is 19.8 Å². The molecule has 0 unspecified atom stereocenters. The third-order valence-electron chi connectivity index (χ3n) is 3.59. The number of hydrogen-bond acceptors (Lipinski definition) is 6. The van der Waals surface area contributed by atoms with Gasteiger partial charge in [0.25, 0.3) is 0 Å². The number of anilines is 2. The molecule has 2 aromatic rings. The molecule has 1 amide bonds. The van der Waals surface area contributed by atoms with Crippen LogP contribution in [-0.2, 0) is 4.79 Å².